The van der Waals surface area contributed by atoms with E-state index in [4.69, 9.17) is 15.9 Å². The van der Waals surface area contributed by atoms with Crippen molar-refractivity contribution in [3.8, 4) is 0 Å². The normalized spacial score (nSPS) is 10.8. The van der Waals surface area contributed by atoms with Crippen molar-refractivity contribution in [3.05, 3.63) is 12.2 Å². The van der Waals surface area contributed by atoms with Crippen LogP contribution in [0.5, 0.6) is 0 Å². The van der Waals surface area contributed by atoms with Gasteiger partial charge in [0, 0.05) is 18.7 Å². The highest BCUT2D eigenvalue weighted by Crippen LogP contribution is 2.10. The SMILES string of the molecule is CCC(O)(CC)CN.O=C(O)C=CC(=O)O. The number of nitrogens with two attached hydrogens (primary N) is 1. The Labute approximate surface area is 94.4 Å². The maximum Gasteiger partial charge on any atom is 0.328 e. The van der Waals surface area contributed by atoms with Crippen LogP contribution < -0.4 is 5.73 Å². The Bertz CT molecular complexity index is 221. The van der Waals surface area contributed by atoms with Gasteiger partial charge in [-0.05, 0) is 12.8 Å². The second-order valence-electron chi connectivity index (χ2n) is 3.15. The first kappa shape index (κ1) is 17.0. The first-order valence-corrected chi connectivity index (χ1v) is 4.87. The van der Waals surface area contributed by atoms with E-state index in [0.717, 1.165) is 12.8 Å². The number of hydrogen-bond acceptors (Lipinski definition) is 4. The van der Waals surface area contributed by atoms with Gasteiger partial charge in [-0.25, -0.2) is 9.59 Å². The lowest BCUT2D eigenvalue weighted by Crippen LogP contribution is -2.35. The van der Waals surface area contributed by atoms with Crippen LogP contribution in [0.3, 0.4) is 0 Å². The van der Waals surface area contributed by atoms with Gasteiger partial charge in [-0.2, -0.15) is 0 Å². The Morgan fingerprint density at radius 3 is 1.50 bits per heavy atom. The summed E-state index contributed by atoms with van der Waals surface area (Å²) in [7, 11) is 0. The molecule has 0 aromatic rings. The molecule has 0 aromatic heterocycles. The Morgan fingerprint density at radius 2 is 1.44 bits per heavy atom. The zero-order chi connectivity index (χ0) is 13.2. The van der Waals surface area contributed by atoms with E-state index in [1.807, 2.05) is 13.8 Å². The molecule has 0 rings (SSSR count). The average Bonchev–Trinajstić information content (AvgIpc) is 2.26. The smallest absolute Gasteiger partial charge is 0.328 e. The molecule has 0 aliphatic rings. The second-order valence-corrected chi connectivity index (χ2v) is 3.15. The standard InChI is InChI=1S/C6H15NO.C4H4O4/c1-3-6(8,4-2)5-7;5-3(6)1-2-4(7)8/h8H,3-5,7H2,1-2H3;1-2H,(H,5,6)(H,7,8). The molecule has 6 heteroatoms. The first-order valence-electron chi connectivity index (χ1n) is 4.87. The van der Waals surface area contributed by atoms with E-state index >= 15 is 0 Å². The Hall–Kier alpha value is -1.40. The molecule has 0 aliphatic carbocycles. The van der Waals surface area contributed by atoms with Gasteiger partial charge in [0.05, 0.1) is 5.60 Å². The van der Waals surface area contributed by atoms with E-state index in [1.165, 1.54) is 0 Å². The van der Waals surface area contributed by atoms with Crippen LogP contribution in [0.15, 0.2) is 12.2 Å². The van der Waals surface area contributed by atoms with Crippen molar-refractivity contribution in [3.63, 3.8) is 0 Å². The van der Waals surface area contributed by atoms with E-state index in [-0.39, 0.29) is 0 Å². The third-order valence-electron chi connectivity index (χ3n) is 2.06. The van der Waals surface area contributed by atoms with Crippen molar-refractivity contribution in [2.45, 2.75) is 32.3 Å². The van der Waals surface area contributed by atoms with Crippen LogP contribution in [0.2, 0.25) is 0 Å². The van der Waals surface area contributed by atoms with Gasteiger partial charge >= 0.3 is 11.9 Å². The van der Waals surface area contributed by atoms with Crippen molar-refractivity contribution in [1.82, 2.24) is 0 Å². The van der Waals surface area contributed by atoms with E-state index in [9.17, 15) is 14.7 Å². The molecule has 0 radical (unpaired) electrons. The minimum atomic E-state index is -1.26. The zero-order valence-corrected chi connectivity index (χ0v) is 9.51. The van der Waals surface area contributed by atoms with Crippen LogP contribution >= 0.6 is 0 Å². The summed E-state index contributed by atoms with van der Waals surface area (Å²) in [6.07, 6.45) is 2.62. The van der Waals surface area contributed by atoms with Gasteiger partial charge in [0.1, 0.15) is 0 Å². The molecule has 0 amide bonds. The van der Waals surface area contributed by atoms with Crippen molar-refractivity contribution in [2.75, 3.05) is 6.54 Å². The lowest BCUT2D eigenvalue weighted by molar-refractivity contribution is -0.134. The summed E-state index contributed by atoms with van der Waals surface area (Å²) in [6, 6.07) is 0. The number of carboxylic acids is 2. The van der Waals surface area contributed by atoms with E-state index in [2.05, 4.69) is 0 Å². The van der Waals surface area contributed by atoms with Crippen LogP contribution in [-0.2, 0) is 9.59 Å². The second kappa shape index (κ2) is 8.87. The summed E-state index contributed by atoms with van der Waals surface area (Å²) in [4.78, 5) is 19.1. The first-order chi connectivity index (χ1) is 7.31. The van der Waals surface area contributed by atoms with Crippen molar-refractivity contribution >= 4 is 11.9 Å². The fraction of sp³-hybridized carbons (Fsp3) is 0.600. The maximum absolute atomic E-state index is 9.55. The molecule has 94 valence electrons. The minimum Gasteiger partial charge on any atom is -0.478 e. The summed E-state index contributed by atoms with van der Waals surface area (Å²) in [6.45, 7) is 4.26. The Kier molecular flexibility index (Phi) is 9.43. The van der Waals surface area contributed by atoms with Gasteiger partial charge in [0.25, 0.3) is 0 Å². The predicted octanol–water partition coefficient (Wildman–Crippen LogP) is 0.208. The Morgan fingerprint density at radius 1 is 1.12 bits per heavy atom. The fourth-order valence-corrected chi connectivity index (χ4v) is 0.681. The molecule has 6 nitrogen and oxygen atoms in total. The van der Waals surface area contributed by atoms with Gasteiger partial charge < -0.3 is 21.1 Å². The largest absolute Gasteiger partial charge is 0.478 e. The van der Waals surface area contributed by atoms with Crippen LogP contribution in [0.25, 0.3) is 0 Å². The highest BCUT2D eigenvalue weighted by molar-refractivity contribution is 5.89. The molecule has 0 saturated carbocycles. The van der Waals surface area contributed by atoms with Gasteiger partial charge in [-0.3, -0.25) is 0 Å². The molecule has 0 atom stereocenters. The lowest BCUT2D eigenvalue weighted by Gasteiger charge is -2.21. The number of carbonyl (C=O) groups is 2. The topological polar surface area (TPSA) is 121 Å². The molecule has 0 heterocycles. The Balaban J connectivity index is 0. The number of aliphatic hydroxyl groups is 1. The van der Waals surface area contributed by atoms with E-state index in [1.54, 1.807) is 0 Å². The van der Waals surface area contributed by atoms with Crippen molar-refractivity contribution < 1.29 is 24.9 Å². The monoisotopic (exact) mass is 233 g/mol. The van der Waals surface area contributed by atoms with Crippen molar-refractivity contribution in [2.24, 2.45) is 5.73 Å². The summed E-state index contributed by atoms with van der Waals surface area (Å²) in [5.74, 6) is -2.51. The number of carboxylic acid groups (broad SMARTS) is 2. The minimum absolute atomic E-state index is 0.375. The van der Waals surface area contributed by atoms with Crippen LogP contribution in [-0.4, -0.2) is 39.4 Å². The number of hydrogen-bond donors (Lipinski definition) is 4. The average molecular weight is 233 g/mol. The van der Waals surface area contributed by atoms with Gasteiger partial charge in [-0.15, -0.1) is 0 Å². The summed E-state index contributed by atoms with van der Waals surface area (Å²) in [5, 5.41) is 24.9. The number of aliphatic carboxylic acids is 2. The summed E-state index contributed by atoms with van der Waals surface area (Å²) >= 11 is 0. The third-order valence-corrected chi connectivity index (χ3v) is 2.06. The van der Waals surface area contributed by atoms with Gasteiger partial charge in [-0.1, -0.05) is 13.8 Å². The van der Waals surface area contributed by atoms with Crippen LogP contribution in [0.4, 0.5) is 0 Å². The third kappa shape index (κ3) is 10.7. The molecule has 0 unspecified atom stereocenters. The van der Waals surface area contributed by atoms with Crippen LogP contribution in [0, 0.1) is 0 Å². The molecular formula is C10H19NO5. The zero-order valence-electron chi connectivity index (χ0n) is 9.51. The molecule has 0 aliphatic heterocycles. The number of rotatable bonds is 5. The lowest BCUT2D eigenvalue weighted by atomic mass is 9.98. The summed E-state index contributed by atoms with van der Waals surface area (Å²) < 4.78 is 0. The highest BCUT2D eigenvalue weighted by Gasteiger charge is 2.18. The molecule has 5 N–H and O–H groups in total. The molecule has 0 saturated heterocycles. The van der Waals surface area contributed by atoms with Crippen LogP contribution in [0.1, 0.15) is 26.7 Å². The fourth-order valence-electron chi connectivity index (χ4n) is 0.681. The van der Waals surface area contributed by atoms with Crippen molar-refractivity contribution in [1.29, 1.82) is 0 Å². The van der Waals surface area contributed by atoms with Gasteiger partial charge in [0.15, 0.2) is 0 Å². The highest BCUT2D eigenvalue weighted by atomic mass is 16.4. The van der Waals surface area contributed by atoms with E-state index < -0.39 is 17.5 Å². The molecular weight excluding hydrogens is 214 g/mol. The predicted molar refractivity (Wildman–Crippen MR) is 59.0 cm³/mol. The molecule has 0 aromatic carbocycles. The van der Waals surface area contributed by atoms with E-state index in [0.29, 0.717) is 18.7 Å². The molecule has 0 bridgehead atoms. The molecule has 0 fully saturated rings. The van der Waals surface area contributed by atoms with Gasteiger partial charge in [0.2, 0.25) is 0 Å². The maximum atomic E-state index is 9.55. The quantitative estimate of drug-likeness (QED) is 0.504. The molecule has 0 spiro atoms. The molecule has 16 heavy (non-hydrogen) atoms. The summed E-state index contributed by atoms with van der Waals surface area (Å²) in [5.41, 5.74) is 4.68.